The minimum absolute atomic E-state index is 0.112. The largest absolute Gasteiger partial charge is 0.381 e. The molecule has 1 fully saturated rings. The van der Waals surface area contributed by atoms with Gasteiger partial charge in [-0.05, 0) is 44.3 Å². The van der Waals surface area contributed by atoms with Crippen molar-refractivity contribution in [3.05, 3.63) is 65.2 Å². The molecule has 1 saturated heterocycles. The van der Waals surface area contributed by atoms with Crippen molar-refractivity contribution >= 4 is 28.4 Å². The Balaban J connectivity index is 1.39. The maximum Gasteiger partial charge on any atom is 0.254 e. The number of hydrogen-bond acceptors (Lipinski definition) is 7. The number of carbonyl (C=O) groups is 1. The van der Waals surface area contributed by atoms with Gasteiger partial charge in [0.15, 0.2) is 0 Å². The number of nitrogens with one attached hydrogen (secondary N) is 3. The van der Waals surface area contributed by atoms with E-state index in [-0.39, 0.29) is 5.91 Å². The molecule has 0 radical (unpaired) electrons. The molecule has 0 saturated carbocycles. The average Bonchev–Trinajstić information content (AvgIpc) is 3.60. The zero-order valence-corrected chi connectivity index (χ0v) is 19.8. The van der Waals surface area contributed by atoms with Crippen LogP contribution in [0.2, 0.25) is 0 Å². The van der Waals surface area contributed by atoms with E-state index in [0.29, 0.717) is 29.5 Å². The third-order valence-electron chi connectivity index (χ3n) is 6.66. The van der Waals surface area contributed by atoms with Gasteiger partial charge in [0.25, 0.3) is 5.91 Å². The number of hydrogen-bond donors (Lipinski definition) is 3. The number of anilines is 2. The van der Waals surface area contributed by atoms with Crippen LogP contribution in [0.5, 0.6) is 0 Å². The van der Waals surface area contributed by atoms with E-state index in [1.807, 2.05) is 38.5 Å². The Kier molecular flexibility index (Phi) is 5.43. The van der Waals surface area contributed by atoms with Crippen molar-refractivity contribution < 1.29 is 9.53 Å². The lowest BCUT2D eigenvalue weighted by Gasteiger charge is -2.19. The highest BCUT2D eigenvalue weighted by Crippen LogP contribution is 2.36. The van der Waals surface area contributed by atoms with Crippen LogP contribution >= 0.6 is 0 Å². The van der Waals surface area contributed by atoms with Gasteiger partial charge in [-0.3, -0.25) is 9.78 Å². The monoisotopic (exact) mass is 469 g/mol. The molecule has 0 bridgehead atoms. The molecule has 9 nitrogen and oxygen atoms in total. The summed E-state index contributed by atoms with van der Waals surface area (Å²) in [5, 5.41) is 7.31. The second-order valence-corrected chi connectivity index (χ2v) is 9.31. The van der Waals surface area contributed by atoms with Crippen LogP contribution in [0.1, 0.15) is 39.5 Å². The lowest BCUT2D eigenvalue weighted by Crippen LogP contribution is -2.16. The second kappa shape index (κ2) is 8.75. The van der Waals surface area contributed by atoms with Crippen LogP contribution in [0.4, 0.5) is 11.5 Å². The number of H-pyrrole nitrogens is 1. The first kappa shape index (κ1) is 21.7. The summed E-state index contributed by atoms with van der Waals surface area (Å²) in [6.45, 7) is 2.68. The minimum atomic E-state index is -0.112. The quantitative estimate of drug-likeness (QED) is 0.396. The molecule has 6 rings (SSSR count). The van der Waals surface area contributed by atoms with Gasteiger partial charge in [-0.15, -0.1) is 0 Å². The number of nitrogens with zero attached hydrogens (tertiary/aromatic N) is 4. The molecule has 35 heavy (non-hydrogen) atoms. The Morgan fingerprint density at radius 2 is 2.11 bits per heavy atom. The second-order valence-electron chi connectivity index (χ2n) is 9.31. The maximum absolute atomic E-state index is 12.9. The van der Waals surface area contributed by atoms with Crippen LogP contribution < -0.4 is 10.6 Å². The molecule has 2 aliphatic rings. The van der Waals surface area contributed by atoms with Crippen LogP contribution in [-0.4, -0.2) is 58.1 Å². The number of aromatic amines is 1. The van der Waals surface area contributed by atoms with Gasteiger partial charge >= 0.3 is 0 Å². The maximum atomic E-state index is 12.9. The van der Waals surface area contributed by atoms with Crippen molar-refractivity contribution in [1.82, 2.24) is 30.2 Å². The number of ether oxygens (including phenoxy) is 1. The molecule has 4 aromatic heterocycles. The number of amides is 1. The molecule has 9 heteroatoms. The predicted molar refractivity (Wildman–Crippen MR) is 134 cm³/mol. The van der Waals surface area contributed by atoms with E-state index in [9.17, 15) is 4.79 Å². The summed E-state index contributed by atoms with van der Waals surface area (Å²) in [5.41, 5.74) is 6.92. The first-order valence-corrected chi connectivity index (χ1v) is 11.8. The third-order valence-corrected chi connectivity index (χ3v) is 6.66. The Labute approximate surface area is 203 Å². The zero-order chi connectivity index (χ0) is 23.9. The summed E-state index contributed by atoms with van der Waals surface area (Å²) in [4.78, 5) is 32.2. The minimum Gasteiger partial charge on any atom is -0.381 e. The lowest BCUT2D eigenvalue weighted by atomic mass is 9.96. The van der Waals surface area contributed by atoms with Crippen LogP contribution in [-0.2, 0) is 17.8 Å². The highest BCUT2D eigenvalue weighted by molar-refractivity contribution is 6.06. The summed E-state index contributed by atoms with van der Waals surface area (Å²) in [5.74, 6) is 0.949. The van der Waals surface area contributed by atoms with E-state index in [1.165, 1.54) is 5.56 Å². The molecule has 0 aromatic carbocycles. The van der Waals surface area contributed by atoms with Crippen molar-refractivity contribution in [3.8, 4) is 11.3 Å². The summed E-state index contributed by atoms with van der Waals surface area (Å²) in [6.07, 6.45) is 6.35. The van der Waals surface area contributed by atoms with E-state index in [4.69, 9.17) is 14.7 Å². The fourth-order valence-corrected chi connectivity index (χ4v) is 5.03. The third kappa shape index (κ3) is 3.92. The van der Waals surface area contributed by atoms with Crippen molar-refractivity contribution in [3.63, 3.8) is 0 Å². The summed E-state index contributed by atoms with van der Waals surface area (Å²) in [7, 11) is 4.08. The zero-order valence-electron chi connectivity index (χ0n) is 19.8. The first-order chi connectivity index (χ1) is 17.1. The Morgan fingerprint density at radius 3 is 2.94 bits per heavy atom. The van der Waals surface area contributed by atoms with Crippen molar-refractivity contribution in [2.45, 2.75) is 25.4 Å². The number of fused-ring (bicyclic) bond motifs is 2. The fourth-order valence-electron chi connectivity index (χ4n) is 5.03. The number of aromatic nitrogens is 4. The number of carbonyl (C=O) groups excluding carboxylic acids is 1. The van der Waals surface area contributed by atoms with Gasteiger partial charge in [-0.2, -0.15) is 0 Å². The average molecular weight is 470 g/mol. The SMILES string of the molecule is CN(C)Cc1nc(Nc2cnc(-c3ccnc4[nH]ccc34)c3c2C(=O)NC3)ccc1C1CCOC1. The van der Waals surface area contributed by atoms with E-state index in [0.717, 1.165) is 59.7 Å². The summed E-state index contributed by atoms with van der Waals surface area (Å²) in [6, 6.07) is 8.03. The van der Waals surface area contributed by atoms with Crippen LogP contribution in [0, 0.1) is 0 Å². The lowest BCUT2D eigenvalue weighted by molar-refractivity contribution is 0.0966. The Bertz CT molecular complexity index is 1420. The molecule has 1 unspecified atom stereocenters. The fraction of sp³-hybridized carbons (Fsp3) is 0.308. The van der Waals surface area contributed by atoms with E-state index < -0.39 is 0 Å². The van der Waals surface area contributed by atoms with Gasteiger partial charge in [-0.1, -0.05) is 6.07 Å². The molecular weight excluding hydrogens is 442 g/mol. The van der Waals surface area contributed by atoms with Crippen molar-refractivity contribution in [2.75, 3.05) is 32.6 Å². The van der Waals surface area contributed by atoms with Crippen LogP contribution in [0.3, 0.4) is 0 Å². The van der Waals surface area contributed by atoms with E-state index in [1.54, 1.807) is 12.4 Å². The van der Waals surface area contributed by atoms with Crippen LogP contribution in [0.15, 0.2) is 42.9 Å². The van der Waals surface area contributed by atoms with Crippen molar-refractivity contribution in [2.24, 2.45) is 0 Å². The highest BCUT2D eigenvalue weighted by Gasteiger charge is 2.28. The Morgan fingerprint density at radius 1 is 1.20 bits per heavy atom. The molecule has 2 aliphatic heterocycles. The van der Waals surface area contributed by atoms with Gasteiger partial charge in [-0.25, -0.2) is 9.97 Å². The van der Waals surface area contributed by atoms with Gasteiger partial charge in [0, 0.05) is 54.5 Å². The van der Waals surface area contributed by atoms with Gasteiger partial charge in [0.05, 0.1) is 35.4 Å². The first-order valence-electron chi connectivity index (χ1n) is 11.8. The number of pyridine rings is 3. The number of rotatable bonds is 6. The standard InChI is InChI=1S/C26H27N7O2/c1-33(2)13-21-16(15-7-10-35-14-15)3-4-22(32-21)31-20-12-29-24(19-11-30-26(34)23(19)20)17-5-8-27-25-18(17)6-9-28-25/h3-6,8-9,12,15H,7,10-11,13-14H2,1-2H3,(H,27,28)(H,30,34)(H,31,32). The summed E-state index contributed by atoms with van der Waals surface area (Å²) >= 11 is 0. The van der Waals surface area contributed by atoms with Gasteiger partial charge < -0.3 is 25.3 Å². The normalized spacial score (nSPS) is 17.2. The molecule has 0 spiro atoms. The molecule has 178 valence electrons. The molecule has 1 amide bonds. The highest BCUT2D eigenvalue weighted by atomic mass is 16.5. The molecular formula is C26H27N7O2. The predicted octanol–water partition coefficient (Wildman–Crippen LogP) is 3.57. The van der Waals surface area contributed by atoms with Gasteiger partial charge in [0.1, 0.15) is 11.5 Å². The molecule has 3 N–H and O–H groups in total. The summed E-state index contributed by atoms with van der Waals surface area (Å²) < 4.78 is 5.61. The van der Waals surface area contributed by atoms with E-state index in [2.05, 4.69) is 31.6 Å². The van der Waals surface area contributed by atoms with Gasteiger partial charge in [0.2, 0.25) is 0 Å². The molecule has 0 aliphatic carbocycles. The molecule has 4 aromatic rings. The molecule has 6 heterocycles. The molecule has 1 atom stereocenters. The van der Waals surface area contributed by atoms with Crippen molar-refractivity contribution in [1.29, 1.82) is 0 Å². The van der Waals surface area contributed by atoms with Crippen LogP contribution in [0.25, 0.3) is 22.3 Å². The smallest absolute Gasteiger partial charge is 0.254 e. The van der Waals surface area contributed by atoms with E-state index >= 15 is 0 Å². The topological polar surface area (TPSA) is 108 Å². The Hall–Kier alpha value is -3.82.